The highest BCUT2D eigenvalue weighted by Gasteiger charge is 2.08. The van der Waals surface area contributed by atoms with E-state index >= 15 is 0 Å². The molecular weight excluding hydrogens is 264 g/mol. The molecule has 2 aromatic rings. The Morgan fingerprint density at radius 1 is 1.24 bits per heavy atom. The Morgan fingerprint density at radius 2 is 1.95 bits per heavy atom. The van der Waals surface area contributed by atoms with Gasteiger partial charge in [0.25, 0.3) is 0 Å². The predicted octanol–water partition coefficient (Wildman–Crippen LogP) is 2.92. The first-order valence-electron chi connectivity index (χ1n) is 7.45. The number of ether oxygens (including phenoxy) is 1. The summed E-state index contributed by atoms with van der Waals surface area (Å²) in [4.78, 5) is 4.25. The summed E-state index contributed by atoms with van der Waals surface area (Å²) < 4.78 is 7.67. The third kappa shape index (κ3) is 4.29. The van der Waals surface area contributed by atoms with Crippen LogP contribution in [0.15, 0.2) is 30.6 Å². The first-order valence-corrected chi connectivity index (χ1v) is 7.45. The van der Waals surface area contributed by atoms with E-state index in [2.05, 4.69) is 30.9 Å². The molecular formula is C16H24N4O. The van der Waals surface area contributed by atoms with Gasteiger partial charge in [-0.1, -0.05) is 32.9 Å². The molecule has 0 spiro atoms. The second-order valence-corrected chi connectivity index (χ2v) is 5.62. The molecule has 1 aromatic heterocycles. The maximum absolute atomic E-state index is 6.00. The highest BCUT2D eigenvalue weighted by atomic mass is 16.5. The van der Waals surface area contributed by atoms with Crippen LogP contribution in [-0.4, -0.2) is 14.8 Å². The molecule has 0 aliphatic rings. The zero-order valence-electron chi connectivity index (χ0n) is 13.0. The van der Waals surface area contributed by atoms with Crippen LogP contribution in [0.1, 0.15) is 44.6 Å². The van der Waals surface area contributed by atoms with Gasteiger partial charge in [0.05, 0.1) is 0 Å². The normalized spacial score (nSPS) is 12.6. The van der Waals surface area contributed by atoms with Crippen molar-refractivity contribution in [1.29, 1.82) is 0 Å². The minimum Gasteiger partial charge on any atom is -0.486 e. The Kier molecular flexibility index (Phi) is 5.33. The van der Waals surface area contributed by atoms with Crippen molar-refractivity contribution in [3.63, 3.8) is 0 Å². The Hall–Kier alpha value is -1.88. The third-order valence-corrected chi connectivity index (χ3v) is 3.35. The lowest BCUT2D eigenvalue weighted by Crippen LogP contribution is -2.12. The van der Waals surface area contributed by atoms with Crippen LogP contribution in [0.5, 0.6) is 5.75 Å². The van der Waals surface area contributed by atoms with Crippen molar-refractivity contribution in [1.82, 2.24) is 14.8 Å². The van der Waals surface area contributed by atoms with Crippen LogP contribution in [0, 0.1) is 5.92 Å². The van der Waals surface area contributed by atoms with Crippen molar-refractivity contribution in [3.05, 3.63) is 42.0 Å². The van der Waals surface area contributed by atoms with E-state index in [0.29, 0.717) is 12.5 Å². The minimum absolute atomic E-state index is 0.0909. The van der Waals surface area contributed by atoms with Gasteiger partial charge in [-0.05, 0) is 30.0 Å². The largest absolute Gasteiger partial charge is 0.486 e. The zero-order valence-corrected chi connectivity index (χ0v) is 13.0. The summed E-state index contributed by atoms with van der Waals surface area (Å²) >= 11 is 0. The molecule has 0 aliphatic heterocycles. The molecule has 0 saturated heterocycles. The predicted molar refractivity (Wildman–Crippen MR) is 82.9 cm³/mol. The summed E-state index contributed by atoms with van der Waals surface area (Å²) in [5, 5.41) is 4.23. The second-order valence-electron chi connectivity index (χ2n) is 5.62. The number of rotatable bonds is 7. The van der Waals surface area contributed by atoms with Gasteiger partial charge in [0.15, 0.2) is 5.82 Å². The van der Waals surface area contributed by atoms with Gasteiger partial charge >= 0.3 is 0 Å². The molecule has 114 valence electrons. The van der Waals surface area contributed by atoms with E-state index in [1.807, 2.05) is 28.9 Å². The molecule has 0 bridgehead atoms. The number of hydrogen-bond donors (Lipinski definition) is 1. The van der Waals surface area contributed by atoms with Gasteiger partial charge in [0, 0.05) is 12.6 Å². The van der Waals surface area contributed by atoms with E-state index in [-0.39, 0.29) is 6.04 Å². The second kappa shape index (κ2) is 7.22. The lowest BCUT2D eigenvalue weighted by molar-refractivity contribution is 0.282. The molecule has 5 heteroatoms. The van der Waals surface area contributed by atoms with Crippen molar-refractivity contribution in [2.24, 2.45) is 11.7 Å². The molecule has 1 atom stereocenters. The van der Waals surface area contributed by atoms with Crippen molar-refractivity contribution >= 4 is 0 Å². The van der Waals surface area contributed by atoms with Crippen LogP contribution < -0.4 is 10.5 Å². The van der Waals surface area contributed by atoms with Crippen LogP contribution >= 0.6 is 0 Å². The lowest BCUT2D eigenvalue weighted by atomic mass is 10.1. The van der Waals surface area contributed by atoms with Gasteiger partial charge in [-0.25, -0.2) is 9.67 Å². The number of nitrogens with zero attached hydrogens (tertiary/aromatic N) is 3. The molecule has 0 aliphatic carbocycles. The minimum atomic E-state index is 0.0909. The van der Waals surface area contributed by atoms with E-state index < -0.39 is 0 Å². The van der Waals surface area contributed by atoms with Crippen LogP contribution in [-0.2, 0) is 13.2 Å². The van der Waals surface area contributed by atoms with Gasteiger partial charge in [0.1, 0.15) is 18.7 Å². The quantitative estimate of drug-likeness (QED) is 0.850. The van der Waals surface area contributed by atoms with Crippen molar-refractivity contribution < 1.29 is 4.74 Å². The topological polar surface area (TPSA) is 66.0 Å². The van der Waals surface area contributed by atoms with Crippen LogP contribution in [0.4, 0.5) is 0 Å². The fourth-order valence-electron chi connectivity index (χ4n) is 2.09. The maximum atomic E-state index is 6.00. The maximum Gasteiger partial charge on any atom is 0.164 e. The van der Waals surface area contributed by atoms with Crippen molar-refractivity contribution in [3.8, 4) is 5.75 Å². The Morgan fingerprint density at radius 3 is 2.57 bits per heavy atom. The van der Waals surface area contributed by atoms with Gasteiger partial charge in [-0.2, -0.15) is 5.10 Å². The Balaban J connectivity index is 1.95. The Labute approximate surface area is 126 Å². The molecule has 0 amide bonds. The molecule has 2 rings (SSSR count). The van der Waals surface area contributed by atoms with Gasteiger partial charge < -0.3 is 10.5 Å². The summed E-state index contributed by atoms with van der Waals surface area (Å²) in [5.74, 6) is 2.19. The summed E-state index contributed by atoms with van der Waals surface area (Å²) in [7, 11) is 0. The van der Waals surface area contributed by atoms with Crippen molar-refractivity contribution in [2.45, 2.75) is 46.4 Å². The van der Waals surface area contributed by atoms with Gasteiger partial charge in [0.2, 0.25) is 0 Å². The van der Waals surface area contributed by atoms with Crippen LogP contribution in [0.25, 0.3) is 0 Å². The van der Waals surface area contributed by atoms with E-state index in [4.69, 9.17) is 10.5 Å². The highest BCUT2D eigenvalue weighted by Crippen LogP contribution is 2.19. The van der Waals surface area contributed by atoms with E-state index in [9.17, 15) is 0 Å². The van der Waals surface area contributed by atoms with Crippen molar-refractivity contribution in [2.75, 3.05) is 0 Å². The number of benzene rings is 1. The summed E-state index contributed by atoms with van der Waals surface area (Å²) in [6, 6.07) is 8.03. The number of nitrogens with two attached hydrogens (primary N) is 1. The van der Waals surface area contributed by atoms with Gasteiger partial charge in [-0.3, -0.25) is 0 Å². The van der Waals surface area contributed by atoms with Crippen LogP contribution in [0.3, 0.4) is 0 Å². The first kappa shape index (κ1) is 15.5. The van der Waals surface area contributed by atoms with E-state index in [1.165, 1.54) is 0 Å². The molecule has 0 saturated carbocycles. The van der Waals surface area contributed by atoms with Gasteiger partial charge in [-0.15, -0.1) is 0 Å². The smallest absolute Gasteiger partial charge is 0.164 e. The molecule has 0 radical (unpaired) electrons. The average molecular weight is 288 g/mol. The standard InChI is InChI=1S/C16H24N4O/c1-4-15(17)13-5-7-14(8-6-13)21-10-16-18-11-19-20(16)9-12(2)3/h5-8,11-12,15H,4,9-10,17H2,1-3H3/t15-/m1/s1. The van der Waals surface area contributed by atoms with Crippen LogP contribution in [0.2, 0.25) is 0 Å². The fourth-order valence-corrected chi connectivity index (χ4v) is 2.09. The molecule has 0 unspecified atom stereocenters. The Bertz CT molecular complexity index is 548. The third-order valence-electron chi connectivity index (χ3n) is 3.35. The molecule has 5 nitrogen and oxygen atoms in total. The lowest BCUT2D eigenvalue weighted by Gasteiger charge is -2.12. The summed E-state index contributed by atoms with van der Waals surface area (Å²) in [6.45, 7) is 7.66. The SMILES string of the molecule is CC[C@@H](N)c1ccc(OCc2ncnn2CC(C)C)cc1. The highest BCUT2D eigenvalue weighted by molar-refractivity contribution is 5.29. The summed E-state index contributed by atoms with van der Waals surface area (Å²) in [6.07, 6.45) is 2.50. The van der Waals surface area contributed by atoms with E-state index in [0.717, 1.165) is 30.1 Å². The molecule has 1 heterocycles. The van der Waals surface area contributed by atoms with E-state index in [1.54, 1.807) is 6.33 Å². The zero-order chi connectivity index (χ0) is 15.2. The molecule has 2 N–H and O–H groups in total. The summed E-state index contributed by atoms with van der Waals surface area (Å²) in [5.41, 5.74) is 7.13. The average Bonchev–Trinajstić information content (AvgIpc) is 2.91. The first-order chi connectivity index (χ1) is 10.1. The fraction of sp³-hybridized carbons (Fsp3) is 0.500. The molecule has 0 fully saturated rings. The molecule has 21 heavy (non-hydrogen) atoms. The monoisotopic (exact) mass is 288 g/mol. The number of hydrogen-bond acceptors (Lipinski definition) is 4. The molecule has 1 aromatic carbocycles. The number of aromatic nitrogens is 3.